The zero-order valence-electron chi connectivity index (χ0n) is 16.8. The molecule has 0 atom stereocenters. The third kappa shape index (κ3) is 3.61. The molecule has 1 aromatic rings. The largest absolute Gasteiger partial charge is 0.497 e. The molecule has 28 heavy (non-hydrogen) atoms. The van der Waals surface area contributed by atoms with Crippen LogP contribution in [0.2, 0.25) is 0 Å². The van der Waals surface area contributed by atoms with E-state index in [-0.39, 0.29) is 18.0 Å². The maximum absolute atomic E-state index is 13.1. The Balaban J connectivity index is 1.36. The third-order valence-corrected chi connectivity index (χ3v) is 6.50. The number of piperidine rings is 2. The first-order valence-corrected chi connectivity index (χ1v) is 10.2. The number of hydrogen-bond acceptors (Lipinski definition) is 5. The van der Waals surface area contributed by atoms with Gasteiger partial charge in [-0.05, 0) is 50.4 Å². The molecule has 3 heterocycles. The first kappa shape index (κ1) is 19.2. The van der Waals surface area contributed by atoms with E-state index in [0.29, 0.717) is 12.8 Å². The minimum Gasteiger partial charge on any atom is -0.497 e. The highest BCUT2D eigenvalue weighted by atomic mass is 16.5. The Labute approximate surface area is 166 Å². The predicted molar refractivity (Wildman–Crippen MR) is 106 cm³/mol. The lowest BCUT2D eigenvalue weighted by molar-refractivity contribution is -0.135. The number of carbonyl (C=O) groups is 2. The minimum atomic E-state index is -0.665. The van der Waals surface area contributed by atoms with E-state index in [4.69, 9.17) is 4.74 Å². The van der Waals surface area contributed by atoms with Crippen molar-refractivity contribution in [2.75, 3.05) is 40.3 Å². The maximum atomic E-state index is 13.1. The van der Waals surface area contributed by atoms with Gasteiger partial charge in [-0.25, -0.2) is 4.79 Å². The SMILES string of the molecule is COc1cccc(CN2CCC(N3C(=O)NC4(CCN(C)CC4)C3=O)CC2)c1. The van der Waals surface area contributed by atoms with Crippen molar-refractivity contribution >= 4 is 11.9 Å². The second-order valence-corrected chi connectivity index (χ2v) is 8.35. The third-order valence-electron chi connectivity index (χ3n) is 6.50. The number of nitrogens with zero attached hydrogens (tertiary/aromatic N) is 3. The summed E-state index contributed by atoms with van der Waals surface area (Å²) in [5.41, 5.74) is 0.555. The summed E-state index contributed by atoms with van der Waals surface area (Å²) in [5, 5.41) is 3.03. The lowest BCUT2D eigenvalue weighted by Gasteiger charge is -2.37. The number of benzene rings is 1. The van der Waals surface area contributed by atoms with Gasteiger partial charge in [0.1, 0.15) is 11.3 Å². The number of ether oxygens (including phenoxy) is 1. The summed E-state index contributed by atoms with van der Waals surface area (Å²) in [7, 11) is 3.74. The number of nitrogens with one attached hydrogen (secondary N) is 1. The molecule has 3 aliphatic rings. The van der Waals surface area contributed by atoms with Gasteiger partial charge in [0.25, 0.3) is 5.91 Å². The summed E-state index contributed by atoms with van der Waals surface area (Å²) in [6.07, 6.45) is 3.08. The molecule has 3 amide bonds. The molecule has 3 saturated heterocycles. The van der Waals surface area contributed by atoms with Crippen LogP contribution in [0.1, 0.15) is 31.2 Å². The smallest absolute Gasteiger partial charge is 0.325 e. The van der Waals surface area contributed by atoms with Crippen molar-refractivity contribution in [3.63, 3.8) is 0 Å². The topological polar surface area (TPSA) is 65.1 Å². The van der Waals surface area contributed by atoms with Crippen molar-refractivity contribution in [3.8, 4) is 5.75 Å². The van der Waals surface area contributed by atoms with Crippen molar-refractivity contribution in [2.24, 2.45) is 0 Å². The second kappa shape index (κ2) is 7.72. The molecule has 1 aromatic carbocycles. The van der Waals surface area contributed by atoms with Crippen molar-refractivity contribution in [1.29, 1.82) is 0 Å². The quantitative estimate of drug-likeness (QED) is 0.798. The van der Waals surface area contributed by atoms with E-state index >= 15 is 0 Å². The van der Waals surface area contributed by atoms with E-state index in [1.54, 1.807) is 7.11 Å². The van der Waals surface area contributed by atoms with Crippen molar-refractivity contribution < 1.29 is 14.3 Å². The van der Waals surface area contributed by atoms with E-state index in [9.17, 15) is 9.59 Å². The number of carbonyl (C=O) groups excluding carboxylic acids is 2. The number of methoxy groups -OCH3 is 1. The van der Waals surface area contributed by atoms with Crippen molar-refractivity contribution in [2.45, 2.75) is 43.8 Å². The van der Waals surface area contributed by atoms with E-state index in [1.165, 1.54) is 10.5 Å². The highest BCUT2D eigenvalue weighted by Crippen LogP contribution is 2.32. The van der Waals surface area contributed by atoms with Crippen molar-refractivity contribution in [1.82, 2.24) is 20.0 Å². The lowest BCUT2D eigenvalue weighted by atomic mass is 9.87. The highest BCUT2D eigenvalue weighted by molar-refractivity contribution is 6.07. The Kier molecular flexibility index (Phi) is 5.29. The number of hydrogen-bond donors (Lipinski definition) is 1. The predicted octanol–water partition coefficient (Wildman–Crippen LogP) is 1.68. The van der Waals surface area contributed by atoms with Gasteiger partial charge in [-0.1, -0.05) is 12.1 Å². The van der Waals surface area contributed by atoms with Crippen LogP contribution in [0.25, 0.3) is 0 Å². The average Bonchev–Trinajstić information content (AvgIpc) is 2.95. The maximum Gasteiger partial charge on any atom is 0.325 e. The Morgan fingerprint density at radius 2 is 1.86 bits per heavy atom. The van der Waals surface area contributed by atoms with Crippen LogP contribution in [0.4, 0.5) is 4.79 Å². The van der Waals surface area contributed by atoms with Crippen LogP contribution in [-0.2, 0) is 11.3 Å². The number of urea groups is 1. The van der Waals surface area contributed by atoms with E-state index in [2.05, 4.69) is 34.3 Å². The Morgan fingerprint density at radius 1 is 1.14 bits per heavy atom. The first-order chi connectivity index (χ1) is 13.5. The zero-order chi connectivity index (χ0) is 19.7. The molecular formula is C21H30N4O3. The zero-order valence-corrected chi connectivity index (χ0v) is 16.8. The summed E-state index contributed by atoms with van der Waals surface area (Å²) in [6, 6.07) is 7.94. The molecule has 0 radical (unpaired) electrons. The van der Waals surface area contributed by atoms with E-state index in [1.807, 2.05) is 12.1 Å². The minimum absolute atomic E-state index is 0.00292. The van der Waals surface area contributed by atoms with Crippen LogP contribution in [0.5, 0.6) is 5.75 Å². The van der Waals surface area contributed by atoms with Crippen LogP contribution in [-0.4, -0.2) is 78.6 Å². The van der Waals surface area contributed by atoms with Gasteiger partial charge in [0, 0.05) is 38.8 Å². The van der Waals surface area contributed by atoms with Gasteiger partial charge in [0.2, 0.25) is 0 Å². The van der Waals surface area contributed by atoms with Gasteiger partial charge in [-0.3, -0.25) is 14.6 Å². The van der Waals surface area contributed by atoms with Crippen LogP contribution in [0, 0.1) is 0 Å². The fraction of sp³-hybridized carbons (Fsp3) is 0.619. The molecule has 7 nitrogen and oxygen atoms in total. The lowest BCUT2D eigenvalue weighted by Crippen LogP contribution is -2.55. The Hall–Kier alpha value is -2.12. The molecule has 3 fully saturated rings. The number of imide groups is 1. The standard InChI is InChI=1S/C21H30N4O3/c1-23-12-8-21(9-13-23)19(26)25(20(27)22-21)17-6-10-24(11-7-17)15-16-4-3-5-18(14-16)28-2/h3-5,14,17H,6-13,15H2,1-2H3,(H,22,27). The molecule has 0 aromatic heterocycles. The van der Waals surface area contributed by atoms with Gasteiger partial charge >= 0.3 is 6.03 Å². The highest BCUT2D eigenvalue weighted by Gasteiger charge is 2.53. The molecule has 7 heteroatoms. The summed E-state index contributed by atoms with van der Waals surface area (Å²) < 4.78 is 5.30. The molecule has 4 rings (SSSR count). The number of likely N-dealkylation sites (tertiary alicyclic amines) is 2. The summed E-state index contributed by atoms with van der Waals surface area (Å²) in [5.74, 6) is 0.868. The van der Waals surface area contributed by atoms with E-state index in [0.717, 1.165) is 51.3 Å². The average molecular weight is 386 g/mol. The van der Waals surface area contributed by atoms with Gasteiger partial charge < -0.3 is 15.0 Å². The molecule has 0 unspecified atom stereocenters. The molecule has 0 bridgehead atoms. The number of amides is 3. The fourth-order valence-corrected chi connectivity index (χ4v) is 4.68. The van der Waals surface area contributed by atoms with Crippen molar-refractivity contribution in [3.05, 3.63) is 29.8 Å². The van der Waals surface area contributed by atoms with Crippen LogP contribution in [0.15, 0.2) is 24.3 Å². The molecule has 1 spiro atoms. The van der Waals surface area contributed by atoms with Gasteiger partial charge in [-0.15, -0.1) is 0 Å². The molecule has 3 aliphatic heterocycles. The monoisotopic (exact) mass is 386 g/mol. The van der Waals surface area contributed by atoms with Crippen LogP contribution in [0.3, 0.4) is 0 Å². The molecule has 0 saturated carbocycles. The van der Waals surface area contributed by atoms with Crippen LogP contribution >= 0.6 is 0 Å². The molecule has 152 valence electrons. The van der Waals surface area contributed by atoms with Crippen LogP contribution < -0.4 is 10.1 Å². The molecular weight excluding hydrogens is 356 g/mol. The summed E-state index contributed by atoms with van der Waals surface area (Å²) >= 11 is 0. The van der Waals surface area contributed by atoms with Gasteiger partial charge in [0.05, 0.1) is 7.11 Å². The van der Waals surface area contributed by atoms with Gasteiger partial charge in [-0.2, -0.15) is 0 Å². The molecule has 0 aliphatic carbocycles. The normalized spacial score (nSPS) is 24.0. The Morgan fingerprint density at radius 3 is 2.54 bits per heavy atom. The van der Waals surface area contributed by atoms with E-state index < -0.39 is 5.54 Å². The molecule has 1 N–H and O–H groups in total. The Bertz CT molecular complexity index is 737. The second-order valence-electron chi connectivity index (χ2n) is 8.35. The fourth-order valence-electron chi connectivity index (χ4n) is 4.68. The van der Waals surface area contributed by atoms with Gasteiger partial charge in [0.15, 0.2) is 0 Å². The summed E-state index contributed by atoms with van der Waals surface area (Å²) in [4.78, 5) is 31.9. The summed E-state index contributed by atoms with van der Waals surface area (Å²) in [6.45, 7) is 4.32. The first-order valence-electron chi connectivity index (χ1n) is 10.2. The number of rotatable bonds is 4.